The van der Waals surface area contributed by atoms with E-state index in [1.165, 1.54) is 12.3 Å². The van der Waals surface area contributed by atoms with Gasteiger partial charge in [-0.05, 0) is 42.8 Å². The summed E-state index contributed by atoms with van der Waals surface area (Å²) in [5.74, 6) is -1.94. The molecule has 5 nitrogen and oxygen atoms in total. The molecule has 2 amide bonds. The van der Waals surface area contributed by atoms with Gasteiger partial charge in [-0.1, -0.05) is 6.07 Å². The van der Waals surface area contributed by atoms with Crippen LogP contribution >= 0.6 is 0 Å². The smallest absolute Gasteiger partial charge is 0.318 e. The number of aromatic nitrogens is 1. The van der Waals surface area contributed by atoms with Crippen LogP contribution in [0, 0.1) is 6.92 Å². The Hall–Kier alpha value is -2.90. The predicted molar refractivity (Wildman–Crippen MR) is 77.7 cm³/mol. The van der Waals surface area contributed by atoms with Gasteiger partial charge in [-0.15, -0.1) is 0 Å². The van der Waals surface area contributed by atoms with Crippen LogP contribution in [0.3, 0.4) is 0 Å². The third kappa shape index (κ3) is 4.53. The van der Waals surface area contributed by atoms with Gasteiger partial charge in [0.05, 0.1) is 5.56 Å². The van der Waals surface area contributed by atoms with Gasteiger partial charge in [0.2, 0.25) is 0 Å². The Bertz CT molecular complexity index is 745. The van der Waals surface area contributed by atoms with E-state index in [1.807, 2.05) is 0 Å². The van der Waals surface area contributed by atoms with Gasteiger partial charge in [-0.3, -0.25) is 9.59 Å². The zero-order chi connectivity index (χ0) is 17.0. The first-order valence-electron chi connectivity index (χ1n) is 6.48. The minimum atomic E-state index is -4.53. The zero-order valence-electron chi connectivity index (χ0n) is 11.9. The van der Waals surface area contributed by atoms with Crippen LogP contribution in [0.1, 0.15) is 11.1 Å². The van der Waals surface area contributed by atoms with Gasteiger partial charge in [0.25, 0.3) is 0 Å². The number of alkyl halides is 3. The Balaban J connectivity index is 2.05. The first kappa shape index (κ1) is 16.5. The number of amides is 2. The number of anilines is 2. The molecule has 0 unspecified atom stereocenters. The van der Waals surface area contributed by atoms with E-state index in [4.69, 9.17) is 0 Å². The molecule has 0 bridgehead atoms. The van der Waals surface area contributed by atoms with Crippen molar-refractivity contribution in [3.05, 3.63) is 53.7 Å². The topological polar surface area (TPSA) is 71.1 Å². The van der Waals surface area contributed by atoms with Crippen LogP contribution in [-0.4, -0.2) is 16.8 Å². The van der Waals surface area contributed by atoms with E-state index in [0.29, 0.717) is 0 Å². The summed E-state index contributed by atoms with van der Waals surface area (Å²) in [7, 11) is 0. The van der Waals surface area contributed by atoms with Crippen LogP contribution in [0.25, 0.3) is 0 Å². The number of hydrogen-bond acceptors (Lipinski definition) is 3. The van der Waals surface area contributed by atoms with Crippen molar-refractivity contribution in [1.29, 1.82) is 0 Å². The highest BCUT2D eigenvalue weighted by Gasteiger charge is 2.30. The van der Waals surface area contributed by atoms with Gasteiger partial charge in [-0.25, -0.2) is 4.98 Å². The maximum atomic E-state index is 12.6. The molecule has 1 aromatic carbocycles. The molecule has 1 heterocycles. The third-order valence-corrected chi connectivity index (χ3v) is 2.81. The van der Waals surface area contributed by atoms with E-state index in [9.17, 15) is 22.8 Å². The molecule has 0 spiro atoms. The summed E-state index contributed by atoms with van der Waals surface area (Å²) < 4.78 is 37.8. The molecule has 23 heavy (non-hydrogen) atoms. The first-order valence-corrected chi connectivity index (χ1v) is 6.48. The molecule has 0 radical (unpaired) electrons. The number of hydrogen-bond donors (Lipinski definition) is 2. The van der Waals surface area contributed by atoms with Crippen molar-refractivity contribution in [2.24, 2.45) is 0 Å². The monoisotopic (exact) mass is 323 g/mol. The van der Waals surface area contributed by atoms with Gasteiger partial charge >= 0.3 is 18.0 Å². The van der Waals surface area contributed by atoms with Crippen LogP contribution in [0.2, 0.25) is 0 Å². The number of nitrogens with zero attached hydrogens (tertiary/aromatic N) is 1. The Labute approximate surface area is 129 Å². The average molecular weight is 323 g/mol. The van der Waals surface area contributed by atoms with E-state index in [0.717, 1.165) is 23.8 Å². The lowest BCUT2D eigenvalue weighted by molar-refractivity contribution is -0.137. The SMILES string of the molecule is Cc1ccnc(NC(=O)C(=O)Nc2cccc(C(F)(F)F)c2)c1. The van der Waals surface area contributed by atoms with Crippen molar-refractivity contribution in [3.63, 3.8) is 0 Å². The van der Waals surface area contributed by atoms with Crippen molar-refractivity contribution in [2.45, 2.75) is 13.1 Å². The van der Waals surface area contributed by atoms with Gasteiger partial charge in [0.1, 0.15) is 5.82 Å². The minimum Gasteiger partial charge on any atom is -0.318 e. The highest BCUT2D eigenvalue weighted by molar-refractivity contribution is 6.43. The Morgan fingerprint density at radius 1 is 1.04 bits per heavy atom. The molecule has 2 aromatic rings. The molecule has 0 fully saturated rings. The second-order valence-corrected chi connectivity index (χ2v) is 4.71. The normalized spacial score (nSPS) is 11.0. The summed E-state index contributed by atoms with van der Waals surface area (Å²) in [6, 6.07) is 7.26. The van der Waals surface area contributed by atoms with E-state index in [-0.39, 0.29) is 11.5 Å². The van der Waals surface area contributed by atoms with Crippen LogP contribution in [0.15, 0.2) is 42.6 Å². The summed E-state index contributed by atoms with van der Waals surface area (Å²) in [6.07, 6.45) is -3.08. The maximum Gasteiger partial charge on any atom is 0.416 e. The summed E-state index contributed by atoms with van der Waals surface area (Å²) >= 11 is 0. The number of aryl methyl sites for hydroxylation is 1. The number of carbonyl (C=O) groups is 2. The molecule has 0 atom stereocenters. The third-order valence-electron chi connectivity index (χ3n) is 2.81. The second kappa shape index (κ2) is 6.47. The lowest BCUT2D eigenvalue weighted by atomic mass is 10.2. The fourth-order valence-electron chi connectivity index (χ4n) is 1.74. The van der Waals surface area contributed by atoms with Crippen LogP contribution < -0.4 is 10.6 Å². The molecular weight excluding hydrogens is 311 g/mol. The van der Waals surface area contributed by atoms with Crippen molar-refractivity contribution in [3.8, 4) is 0 Å². The molecule has 0 aliphatic carbocycles. The fourth-order valence-corrected chi connectivity index (χ4v) is 1.74. The number of rotatable bonds is 2. The largest absolute Gasteiger partial charge is 0.416 e. The zero-order valence-corrected chi connectivity index (χ0v) is 11.9. The molecule has 1 aromatic heterocycles. The number of carbonyl (C=O) groups excluding carboxylic acids is 2. The standard InChI is InChI=1S/C15H12F3N3O2/c1-9-5-6-19-12(7-9)21-14(23)13(22)20-11-4-2-3-10(8-11)15(16,17)18/h2-8H,1H3,(H,20,22)(H,19,21,23). The highest BCUT2D eigenvalue weighted by atomic mass is 19.4. The Morgan fingerprint density at radius 3 is 2.39 bits per heavy atom. The van der Waals surface area contributed by atoms with Crippen LogP contribution in [0.4, 0.5) is 24.7 Å². The van der Waals surface area contributed by atoms with Gasteiger partial charge in [0.15, 0.2) is 0 Å². The molecule has 0 aliphatic rings. The number of pyridine rings is 1. The second-order valence-electron chi connectivity index (χ2n) is 4.71. The lowest BCUT2D eigenvalue weighted by Gasteiger charge is -2.10. The number of halogens is 3. The lowest BCUT2D eigenvalue weighted by Crippen LogP contribution is -2.29. The summed E-state index contributed by atoms with van der Waals surface area (Å²) in [4.78, 5) is 27.3. The van der Waals surface area contributed by atoms with Crippen molar-refractivity contribution in [2.75, 3.05) is 10.6 Å². The van der Waals surface area contributed by atoms with Crippen molar-refractivity contribution < 1.29 is 22.8 Å². The predicted octanol–water partition coefficient (Wildman–Crippen LogP) is 2.99. The maximum absolute atomic E-state index is 12.6. The summed E-state index contributed by atoms with van der Waals surface area (Å²) in [5, 5.41) is 4.37. The molecule has 120 valence electrons. The van der Waals surface area contributed by atoms with E-state index >= 15 is 0 Å². The first-order chi connectivity index (χ1) is 10.8. The minimum absolute atomic E-state index is 0.128. The molecule has 0 saturated carbocycles. The number of benzene rings is 1. The van der Waals surface area contributed by atoms with Gasteiger partial charge in [-0.2, -0.15) is 13.2 Å². The molecule has 2 N–H and O–H groups in total. The van der Waals surface area contributed by atoms with Crippen molar-refractivity contribution in [1.82, 2.24) is 4.98 Å². The Kier molecular flexibility index (Phi) is 4.63. The van der Waals surface area contributed by atoms with Crippen LogP contribution in [0.5, 0.6) is 0 Å². The Morgan fingerprint density at radius 2 is 1.74 bits per heavy atom. The van der Waals surface area contributed by atoms with Gasteiger partial charge < -0.3 is 10.6 Å². The van der Waals surface area contributed by atoms with Gasteiger partial charge in [0, 0.05) is 11.9 Å². The van der Waals surface area contributed by atoms with Crippen molar-refractivity contribution >= 4 is 23.3 Å². The molecular formula is C15H12F3N3O2. The summed E-state index contributed by atoms with van der Waals surface area (Å²) in [5.41, 5.74) is -0.221. The van der Waals surface area contributed by atoms with Crippen LogP contribution in [-0.2, 0) is 15.8 Å². The highest BCUT2D eigenvalue weighted by Crippen LogP contribution is 2.30. The molecule has 0 saturated heterocycles. The van der Waals surface area contributed by atoms with E-state index in [2.05, 4.69) is 15.6 Å². The molecule has 2 rings (SSSR count). The van der Waals surface area contributed by atoms with E-state index < -0.39 is 23.6 Å². The molecule has 0 aliphatic heterocycles. The van der Waals surface area contributed by atoms with E-state index in [1.54, 1.807) is 19.1 Å². The molecule has 8 heteroatoms. The quantitative estimate of drug-likeness (QED) is 0.835. The summed E-state index contributed by atoms with van der Waals surface area (Å²) in [6.45, 7) is 1.78. The number of nitrogens with one attached hydrogen (secondary N) is 2. The fraction of sp³-hybridized carbons (Fsp3) is 0.133. The average Bonchev–Trinajstić information content (AvgIpc) is 2.46.